The van der Waals surface area contributed by atoms with Crippen LogP contribution in [-0.2, 0) is 21.8 Å². The molecule has 1 aromatic carbocycles. The summed E-state index contributed by atoms with van der Waals surface area (Å²) in [7, 11) is 0. The van der Waals surface area contributed by atoms with Crippen LogP contribution in [0.25, 0.3) is 0 Å². The molecule has 6 heteroatoms. The van der Waals surface area contributed by atoms with Crippen molar-refractivity contribution >= 4 is 23.6 Å². The lowest BCUT2D eigenvalue weighted by atomic mass is 10.1. The predicted molar refractivity (Wildman–Crippen MR) is 117 cm³/mol. The number of nitrogens with zero attached hydrogens (tertiary/aromatic N) is 2. The van der Waals surface area contributed by atoms with Gasteiger partial charge in [0.2, 0.25) is 11.8 Å². The molecule has 0 radical (unpaired) electrons. The van der Waals surface area contributed by atoms with Gasteiger partial charge in [-0.05, 0) is 42.5 Å². The van der Waals surface area contributed by atoms with Crippen LogP contribution in [0.4, 0.5) is 0 Å². The van der Waals surface area contributed by atoms with Crippen LogP contribution in [0.2, 0.25) is 0 Å². The Balaban J connectivity index is 1.24. The lowest BCUT2D eigenvalue weighted by molar-refractivity contribution is -0.145. The van der Waals surface area contributed by atoms with Gasteiger partial charge in [-0.2, -0.15) is 0 Å². The normalized spacial score (nSPS) is 15.8. The van der Waals surface area contributed by atoms with Crippen LogP contribution in [0.3, 0.4) is 0 Å². The van der Waals surface area contributed by atoms with E-state index in [4.69, 9.17) is 0 Å². The van der Waals surface area contributed by atoms with Crippen molar-refractivity contribution in [1.29, 1.82) is 0 Å². The second-order valence-corrected chi connectivity index (χ2v) is 8.51. The Morgan fingerprint density at radius 1 is 1.03 bits per heavy atom. The second kappa shape index (κ2) is 11.6. The summed E-state index contributed by atoms with van der Waals surface area (Å²) >= 11 is 1.70. The third kappa shape index (κ3) is 7.20. The highest BCUT2D eigenvalue weighted by Crippen LogP contribution is 2.31. The highest BCUT2D eigenvalue weighted by molar-refractivity contribution is 7.99. The lowest BCUT2D eigenvalue weighted by Crippen LogP contribution is -2.54. The number of aromatic nitrogens is 1. The van der Waals surface area contributed by atoms with Gasteiger partial charge in [-0.15, -0.1) is 11.8 Å². The maximum absolute atomic E-state index is 12.2. The maximum Gasteiger partial charge on any atom is 0.239 e. The predicted octanol–water partition coefficient (Wildman–Crippen LogP) is 3.79. The first-order valence-corrected chi connectivity index (χ1v) is 11.4. The standard InChI is InChI=1S/C23H29N3O2S/c27-21(25-13-7-2-1-4-8-19-9-5-3-6-10-19)17-26-22(28)16-23(26)29-18-20-11-14-24-15-12-20/h3,5-6,9-12,14-15,23H,1-2,4,7-8,13,16-18H2,(H,25,27). The highest BCUT2D eigenvalue weighted by Gasteiger charge is 2.37. The number of carbonyl (C=O) groups is 2. The smallest absolute Gasteiger partial charge is 0.239 e. The first kappa shape index (κ1) is 21.4. The number of benzene rings is 1. The number of β-lactam (4-membered cyclic amide) rings is 1. The number of carbonyl (C=O) groups excluding carboxylic acids is 2. The second-order valence-electron chi connectivity index (χ2n) is 7.35. The van der Waals surface area contributed by atoms with Gasteiger partial charge in [-0.25, -0.2) is 0 Å². The first-order valence-electron chi connectivity index (χ1n) is 10.3. The van der Waals surface area contributed by atoms with Crippen molar-refractivity contribution in [2.45, 2.75) is 49.7 Å². The van der Waals surface area contributed by atoms with E-state index in [1.807, 2.05) is 18.2 Å². The summed E-state index contributed by atoms with van der Waals surface area (Å²) in [6.45, 7) is 0.849. The summed E-state index contributed by atoms with van der Waals surface area (Å²) in [4.78, 5) is 29.7. The number of hydrogen-bond acceptors (Lipinski definition) is 4. The van der Waals surface area contributed by atoms with Crippen LogP contribution >= 0.6 is 11.8 Å². The summed E-state index contributed by atoms with van der Waals surface area (Å²) in [6, 6.07) is 14.5. The molecule has 1 atom stereocenters. The minimum Gasteiger partial charge on any atom is -0.355 e. The summed E-state index contributed by atoms with van der Waals surface area (Å²) in [6.07, 6.45) is 9.62. The quantitative estimate of drug-likeness (QED) is 0.426. The SMILES string of the molecule is O=C(CN1C(=O)CC1SCc1ccncc1)NCCCCCCc1ccccc1. The van der Waals surface area contributed by atoms with E-state index in [0.29, 0.717) is 13.0 Å². The Morgan fingerprint density at radius 2 is 1.79 bits per heavy atom. The largest absolute Gasteiger partial charge is 0.355 e. The Bertz CT molecular complexity index is 770. The average molecular weight is 412 g/mol. The zero-order valence-electron chi connectivity index (χ0n) is 16.8. The number of hydrogen-bond donors (Lipinski definition) is 1. The van der Waals surface area contributed by atoms with Gasteiger partial charge < -0.3 is 10.2 Å². The van der Waals surface area contributed by atoms with Crippen molar-refractivity contribution in [3.05, 3.63) is 66.0 Å². The van der Waals surface area contributed by atoms with Gasteiger partial charge in [-0.1, -0.05) is 43.2 Å². The van der Waals surface area contributed by atoms with E-state index in [1.165, 1.54) is 24.0 Å². The molecule has 0 bridgehead atoms. The molecule has 2 aromatic rings. The van der Waals surface area contributed by atoms with E-state index in [-0.39, 0.29) is 23.7 Å². The molecular formula is C23H29N3O2S. The maximum atomic E-state index is 12.2. The van der Waals surface area contributed by atoms with Gasteiger partial charge >= 0.3 is 0 Å². The van der Waals surface area contributed by atoms with Gasteiger partial charge in [-0.3, -0.25) is 14.6 Å². The van der Waals surface area contributed by atoms with Crippen LogP contribution < -0.4 is 5.32 Å². The van der Waals surface area contributed by atoms with E-state index in [9.17, 15) is 9.59 Å². The van der Waals surface area contributed by atoms with Gasteiger partial charge in [0.15, 0.2) is 0 Å². The number of amides is 2. The minimum absolute atomic E-state index is 0.0585. The molecule has 0 saturated carbocycles. The minimum atomic E-state index is -0.0585. The molecular weight excluding hydrogens is 382 g/mol. The van der Waals surface area contributed by atoms with Crippen LogP contribution in [0, 0.1) is 0 Å². The van der Waals surface area contributed by atoms with E-state index in [1.54, 1.807) is 29.1 Å². The van der Waals surface area contributed by atoms with Crippen LogP contribution in [0.1, 0.15) is 43.2 Å². The van der Waals surface area contributed by atoms with E-state index < -0.39 is 0 Å². The summed E-state index contributed by atoms with van der Waals surface area (Å²) < 4.78 is 0. The molecule has 1 saturated heterocycles. The zero-order chi connectivity index (χ0) is 20.3. The summed E-state index contributed by atoms with van der Waals surface area (Å²) in [5.41, 5.74) is 2.57. The number of rotatable bonds is 12. The molecule has 0 aliphatic carbocycles. The topological polar surface area (TPSA) is 62.3 Å². The van der Waals surface area contributed by atoms with Crippen molar-refractivity contribution in [3.63, 3.8) is 0 Å². The first-order chi connectivity index (χ1) is 14.2. The third-order valence-corrected chi connectivity index (χ3v) is 6.39. The van der Waals surface area contributed by atoms with Crippen molar-refractivity contribution < 1.29 is 9.59 Å². The highest BCUT2D eigenvalue weighted by atomic mass is 32.2. The molecule has 29 heavy (non-hydrogen) atoms. The summed E-state index contributed by atoms with van der Waals surface area (Å²) in [5, 5.41) is 3.05. The van der Waals surface area contributed by atoms with Crippen molar-refractivity contribution in [2.24, 2.45) is 0 Å². The molecule has 154 valence electrons. The fourth-order valence-corrected chi connectivity index (χ4v) is 4.54. The van der Waals surface area contributed by atoms with E-state index >= 15 is 0 Å². The Kier molecular flexibility index (Phi) is 8.56. The fourth-order valence-electron chi connectivity index (χ4n) is 3.33. The van der Waals surface area contributed by atoms with Crippen LogP contribution in [0.5, 0.6) is 0 Å². The molecule has 2 amide bonds. The van der Waals surface area contributed by atoms with Crippen molar-refractivity contribution in [1.82, 2.24) is 15.2 Å². The molecule has 1 aliphatic heterocycles. The van der Waals surface area contributed by atoms with Gasteiger partial charge in [0.1, 0.15) is 6.54 Å². The molecule has 1 fully saturated rings. The van der Waals surface area contributed by atoms with Gasteiger partial charge in [0.05, 0.1) is 11.8 Å². The third-order valence-electron chi connectivity index (χ3n) is 5.08. The van der Waals surface area contributed by atoms with E-state index in [0.717, 1.165) is 25.0 Å². The molecule has 0 spiro atoms. The Hall–Kier alpha value is -2.34. The summed E-state index contributed by atoms with van der Waals surface area (Å²) in [5.74, 6) is 0.826. The number of unbranched alkanes of at least 4 members (excludes halogenated alkanes) is 3. The van der Waals surface area contributed by atoms with Gasteiger partial charge in [0.25, 0.3) is 0 Å². The van der Waals surface area contributed by atoms with Crippen LogP contribution in [0.15, 0.2) is 54.9 Å². The molecule has 3 rings (SSSR count). The molecule has 1 N–H and O–H groups in total. The number of likely N-dealkylation sites (tertiary alicyclic amines) is 1. The Morgan fingerprint density at radius 3 is 2.55 bits per heavy atom. The molecule has 1 aliphatic rings. The van der Waals surface area contributed by atoms with Crippen LogP contribution in [-0.4, -0.2) is 40.2 Å². The molecule has 5 nitrogen and oxygen atoms in total. The van der Waals surface area contributed by atoms with Crippen molar-refractivity contribution in [2.75, 3.05) is 13.1 Å². The number of pyridine rings is 1. The molecule has 1 aromatic heterocycles. The molecule has 1 unspecified atom stereocenters. The van der Waals surface area contributed by atoms with E-state index in [2.05, 4.69) is 34.6 Å². The number of aryl methyl sites for hydroxylation is 1. The number of thioether (sulfide) groups is 1. The van der Waals surface area contributed by atoms with Gasteiger partial charge in [0, 0.05) is 24.7 Å². The Labute approximate surface area is 177 Å². The average Bonchev–Trinajstić information content (AvgIpc) is 2.75. The zero-order valence-corrected chi connectivity index (χ0v) is 17.6. The monoisotopic (exact) mass is 411 g/mol. The lowest BCUT2D eigenvalue weighted by Gasteiger charge is -2.39. The molecule has 2 heterocycles. The number of nitrogens with one attached hydrogen (secondary N) is 1. The van der Waals surface area contributed by atoms with Crippen molar-refractivity contribution in [3.8, 4) is 0 Å². The fraction of sp³-hybridized carbons (Fsp3) is 0.435.